The van der Waals surface area contributed by atoms with Crippen LogP contribution in [-0.4, -0.2) is 12.2 Å². The molecule has 100 valence electrons. The molecule has 0 amide bonds. The summed E-state index contributed by atoms with van der Waals surface area (Å²) in [7, 11) is 1.64. The summed E-state index contributed by atoms with van der Waals surface area (Å²) in [6.45, 7) is 0. The van der Waals surface area contributed by atoms with Gasteiger partial charge in [-0.2, -0.15) is 0 Å². The van der Waals surface area contributed by atoms with Gasteiger partial charge in [0.1, 0.15) is 11.5 Å². The van der Waals surface area contributed by atoms with Crippen molar-refractivity contribution >= 4 is 23.1 Å². The number of methoxy groups -OCH3 is 1. The molecule has 0 unspecified atom stereocenters. The molecule has 2 aromatic carbocycles. The minimum atomic E-state index is 0.231. The molecule has 0 saturated carbocycles. The van der Waals surface area contributed by atoms with E-state index in [9.17, 15) is 5.11 Å². The van der Waals surface area contributed by atoms with Crippen LogP contribution in [0.1, 0.15) is 11.1 Å². The molecule has 0 bridgehead atoms. The van der Waals surface area contributed by atoms with Crippen LogP contribution >= 0.6 is 11.8 Å². The second-order valence-corrected chi connectivity index (χ2v) is 5.30. The van der Waals surface area contributed by atoms with E-state index in [1.807, 2.05) is 54.6 Å². The minimum absolute atomic E-state index is 0.231. The first-order chi connectivity index (χ1) is 9.81. The number of ether oxygens (including phenoxy) is 1. The lowest BCUT2D eigenvalue weighted by Crippen LogP contribution is -1.97. The molecule has 1 heterocycles. The highest BCUT2D eigenvalue weighted by molar-refractivity contribution is 8.02. The lowest BCUT2D eigenvalue weighted by atomic mass is 9.99. The Morgan fingerprint density at radius 2 is 1.65 bits per heavy atom. The molecule has 3 rings (SSSR count). The maximum atomic E-state index is 10.4. The van der Waals surface area contributed by atoms with Crippen LogP contribution in [0.3, 0.4) is 0 Å². The molecule has 0 aliphatic carbocycles. The van der Waals surface area contributed by atoms with Crippen LogP contribution in [-0.2, 0) is 4.74 Å². The molecule has 0 spiro atoms. The zero-order chi connectivity index (χ0) is 13.9. The van der Waals surface area contributed by atoms with Crippen LogP contribution in [0.4, 0.5) is 0 Å². The predicted octanol–water partition coefficient (Wildman–Crippen LogP) is 4.71. The summed E-state index contributed by atoms with van der Waals surface area (Å²) < 4.78 is 5.60. The van der Waals surface area contributed by atoms with E-state index >= 15 is 0 Å². The lowest BCUT2D eigenvalue weighted by Gasteiger charge is -2.14. The Morgan fingerprint density at radius 3 is 2.40 bits per heavy atom. The molecule has 2 nitrogen and oxygen atoms in total. The first kappa shape index (κ1) is 12.9. The minimum Gasteiger partial charge on any atom is -0.507 e. The number of rotatable bonds is 2. The van der Waals surface area contributed by atoms with E-state index in [0.29, 0.717) is 5.76 Å². The Bertz CT molecular complexity index is 687. The number of hydrogen-bond acceptors (Lipinski definition) is 3. The van der Waals surface area contributed by atoms with Crippen molar-refractivity contribution in [2.24, 2.45) is 0 Å². The van der Waals surface area contributed by atoms with Gasteiger partial charge in [-0.25, -0.2) is 0 Å². The summed E-state index contributed by atoms with van der Waals surface area (Å²) >= 11 is 1.50. The van der Waals surface area contributed by atoms with Crippen molar-refractivity contribution in [2.45, 2.75) is 4.90 Å². The van der Waals surface area contributed by atoms with Gasteiger partial charge in [0, 0.05) is 15.9 Å². The largest absolute Gasteiger partial charge is 0.507 e. The van der Waals surface area contributed by atoms with E-state index < -0.39 is 0 Å². The Morgan fingerprint density at radius 1 is 0.950 bits per heavy atom. The van der Waals surface area contributed by atoms with Crippen molar-refractivity contribution in [3.8, 4) is 0 Å². The van der Waals surface area contributed by atoms with Gasteiger partial charge in [0.15, 0.2) is 0 Å². The summed E-state index contributed by atoms with van der Waals surface area (Å²) in [4.78, 5) is 1.07. The normalized spacial score (nSPS) is 14.3. The van der Waals surface area contributed by atoms with Crippen molar-refractivity contribution < 1.29 is 9.84 Å². The molecule has 3 heteroatoms. The van der Waals surface area contributed by atoms with Crippen LogP contribution < -0.4 is 0 Å². The fraction of sp³-hybridized carbons (Fsp3) is 0.0588. The van der Waals surface area contributed by atoms with E-state index in [4.69, 9.17) is 4.74 Å². The van der Waals surface area contributed by atoms with Gasteiger partial charge < -0.3 is 9.84 Å². The van der Waals surface area contributed by atoms with Crippen molar-refractivity contribution in [1.82, 2.24) is 0 Å². The maximum absolute atomic E-state index is 10.4. The number of aliphatic hydroxyl groups is 1. The first-order valence-electron chi connectivity index (χ1n) is 6.30. The third kappa shape index (κ3) is 2.21. The topological polar surface area (TPSA) is 29.5 Å². The molecular weight excluding hydrogens is 268 g/mol. The third-order valence-corrected chi connectivity index (χ3v) is 4.13. The van der Waals surface area contributed by atoms with Crippen LogP contribution in [0.2, 0.25) is 0 Å². The van der Waals surface area contributed by atoms with E-state index in [1.54, 1.807) is 12.5 Å². The first-order valence-corrected chi connectivity index (χ1v) is 7.18. The highest BCUT2D eigenvalue weighted by Gasteiger charge is 2.21. The Hall–Kier alpha value is -2.13. The smallest absolute Gasteiger partial charge is 0.138 e. The highest BCUT2D eigenvalue weighted by atomic mass is 32.2. The third-order valence-electron chi connectivity index (χ3n) is 3.18. The quantitative estimate of drug-likeness (QED) is 0.865. The summed E-state index contributed by atoms with van der Waals surface area (Å²) in [6.07, 6.45) is 0. The van der Waals surface area contributed by atoms with Crippen molar-refractivity contribution in [2.75, 3.05) is 7.11 Å². The monoisotopic (exact) mass is 282 g/mol. The second-order valence-electron chi connectivity index (χ2n) is 4.39. The zero-order valence-corrected chi connectivity index (χ0v) is 11.9. The molecule has 1 aliphatic rings. The van der Waals surface area contributed by atoms with Crippen LogP contribution in [0.5, 0.6) is 0 Å². The summed E-state index contributed by atoms with van der Waals surface area (Å²) in [6, 6.07) is 17.8. The van der Waals surface area contributed by atoms with Crippen LogP contribution in [0.25, 0.3) is 11.3 Å². The van der Waals surface area contributed by atoms with Gasteiger partial charge in [0.05, 0.1) is 12.7 Å². The summed E-state index contributed by atoms with van der Waals surface area (Å²) in [5.74, 6) is 0.930. The highest BCUT2D eigenvalue weighted by Crippen LogP contribution is 2.40. The van der Waals surface area contributed by atoms with Gasteiger partial charge in [-0.3, -0.25) is 0 Å². The Kier molecular flexibility index (Phi) is 3.52. The summed E-state index contributed by atoms with van der Waals surface area (Å²) in [5.41, 5.74) is 2.67. The number of aliphatic hydroxyl groups excluding tert-OH is 1. The fourth-order valence-corrected chi connectivity index (χ4v) is 3.08. The molecule has 0 aromatic heterocycles. The molecule has 20 heavy (non-hydrogen) atoms. The average molecular weight is 282 g/mol. The Balaban J connectivity index is 2.29. The average Bonchev–Trinajstić information content (AvgIpc) is 2.65. The van der Waals surface area contributed by atoms with E-state index in [1.165, 1.54) is 11.8 Å². The molecule has 2 aromatic rings. The molecular formula is C17H14O2S. The fourth-order valence-electron chi connectivity index (χ4n) is 2.28. The summed E-state index contributed by atoms with van der Waals surface area (Å²) in [5, 5.41) is 12.1. The van der Waals surface area contributed by atoms with Crippen LogP contribution in [0.15, 0.2) is 70.7 Å². The van der Waals surface area contributed by atoms with Crippen molar-refractivity contribution in [1.29, 1.82) is 0 Å². The van der Waals surface area contributed by atoms with Crippen molar-refractivity contribution in [3.63, 3.8) is 0 Å². The number of thioether (sulfide) groups is 1. The number of fused-ring (bicyclic) bond motifs is 1. The maximum Gasteiger partial charge on any atom is 0.138 e. The number of hydrogen-bond donors (Lipinski definition) is 1. The number of benzene rings is 2. The number of allylic oxidation sites excluding steroid dienone is 1. The molecule has 1 N–H and O–H groups in total. The molecule has 0 radical (unpaired) electrons. The van der Waals surface area contributed by atoms with Gasteiger partial charge in [-0.05, 0) is 11.6 Å². The molecule has 0 saturated heterocycles. The van der Waals surface area contributed by atoms with E-state index in [-0.39, 0.29) is 5.76 Å². The predicted molar refractivity (Wildman–Crippen MR) is 83.3 cm³/mol. The van der Waals surface area contributed by atoms with Crippen molar-refractivity contribution in [3.05, 3.63) is 76.9 Å². The van der Waals surface area contributed by atoms with E-state index in [2.05, 4.69) is 0 Å². The standard InChI is InChI=1S/C17H14O2S/c1-19-17-13-9-5-6-10-15(13)20-11-14(18)16(17)12-7-3-2-4-8-12/h2-11,18H,1H3. The Labute approximate surface area is 122 Å². The molecule has 0 atom stereocenters. The van der Waals surface area contributed by atoms with E-state index in [0.717, 1.165) is 21.6 Å². The molecule has 0 fully saturated rings. The SMILES string of the molecule is COC1=C(c2ccccc2)C(O)=CSc2ccccc21. The van der Waals surface area contributed by atoms with Gasteiger partial charge in [0.25, 0.3) is 0 Å². The second kappa shape index (κ2) is 5.47. The van der Waals surface area contributed by atoms with Gasteiger partial charge in [-0.1, -0.05) is 60.3 Å². The van der Waals surface area contributed by atoms with Crippen LogP contribution in [0, 0.1) is 0 Å². The lowest BCUT2D eigenvalue weighted by molar-refractivity contribution is 0.367. The zero-order valence-electron chi connectivity index (χ0n) is 11.0. The van der Waals surface area contributed by atoms with Gasteiger partial charge in [-0.15, -0.1) is 0 Å². The van der Waals surface area contributed by atoms with Gasteiger partial charge >= 0.3 is 0 Å². The van der Waals surface area contributed by atoms with Gasteiger partial charge in [0.2, 0.25) is 0 Å². The molecule has 1 aliphatic heterocycles.